The molecular weight excluding hydrogens is 317 g/mol. The van der Waals surface area contributed by atoms with Crippen molar-refractivity contribution in [3.63, 3.8) is 0 Å². The van der Waals surface area contributed by atoms with Crippen molar-refractivity contribution >= 4 is 33.6 Å². The van der Waals surface area contributed by atoms with Gasteiger partial charge in [0.15, 0.2) is 0 Å². The Kier molecular flexibility index (Phi) is 38.5. The third kappa shape index (κ3) is 121. The molecule has 0 aliphatic carbocycles. The van der Waals surface area contributed by atoms with Crippen LogP contribution in [0.3, 0.4) is 0 Å². The van der Waals surface area contributed by atoms with E-state index in [1.54, 1.807) is 13.8 Å². The largest absolute Gasteiger partial charge is 1.00 e. The quantitative estimate of drug-likeness (QED) is 0.225. The Balaban J connectivity index is -0.0000000400. The smallest absolute Gasteiger partial charge is 0.759 e. The van der Waals surface area contributed by atoms with E-state index in [0.717, 1.165) is 0 Å². The number of aliphatic hydroxyl groups excluding tert-OH is 2. The van der Waals surface area contributed by atoms with Crippen molar-refractivity contribution in [2.75, 3.05) is 11.8 Å². The SMILES string of the molecule is CC(O)CCl.CC(O)CCl.O=S(=O)([O-])[O-].[Na+].[Na+]. The molecule has 11 heteroatoms. The molecule has 0 spiro atoms. The third-order valence-electron chi connectivity index (χ3n) is 0.447. The molecule has 0 aliphatic heterocycles. The number of hydrogen-bond donors (Lipinski definition) is 2. The fourth-order valence-electron chi connectivity index (χ4n) is 0. The van der Waals surface area contributed by atoms with Crippen molar-refractivity contribution in [3.05, 3.63) is 0 Å². The molecule has 2 N–H and O–H groups in total. The van der Waals surface area contributed by atoms with E-state index < -0.39 is 10.4 Å². The zero-order valence-electron chi connectivity index (χ0n) is 10.3. The van der Waals surface area contributed by atoms with Gasteiger partial charge in [0.2, 0.25) is 0 Å². The zero-order chi connectivity index (χ0) is 13.1. The molecular formula is C6H14Cl2Na2O6S. The first-order valence-electron chi connectivity index (χ1n) is 3.69. The summed E-state index contributed by atoms with van der Waals surface area (Å²) in [5.74, 6) is 0.667. The van der Waals surface area contributed by atoms with Gasteiger partial charge in [-0.25, -0.2) is 0 Å². The van der Waals surface area contributed by atoms with Crippen LogP contribution in [-0.2, 0) is 10.4 Å². The first-order valence-corrected chi connectivity index (χ1v) is 6.09. The second-order valence-electron chi connectivity index (χ2n) is 2.41. The number of hydrogen-bond acceptors (Lipinski definition) is 6. The van der Waals surface area contributed by atoms with Crippen LogP contribution >= 0.6 is 23.2 Å². The fourth-order valence-corrected chi connectivity index (χ4v) is 0. The summed E-state index contributed by atoms with van der Waals surface area (Å²) in [7, 11) is -5.17. The molecule has 0 aliphatic rings. The molecule has 0 rings (SSSR count). The van der Waals surface area contributed by atoms with E-state index in [4.69, 9.17) is 50.9 Å². The minimum Gasteiger partial charge on any atom is -0.759 e. The van der Waals surface area contributed by atoms with E-state index in [2.05, 4.69) is 0 Å². The number of halogens is 2. The molecule has 96 valence electrons. The van der Waals surface area contributed by atoms with E-state index >= 15 is 0 Å². The summed E-state index contributed by atoms with van der Waals surface area (Å²) in [5.41, 5.74) is 0. The van der Waals surface area contributed by atoms with Gasteiger partial charge in [-0.1, -0.05) is 0 Å². The topological polar surface area (TPSA) is 121 Å². The third-order valence-corrected chi connectivity index (χ3v) is 1.34. The Morgan fingerprint density at radius 1 is 1.00 bits per heavy atom. The average molecular weight is 331 g/mol. The number of rotatable bonds is 2. The predicted octanol–water partition coefficient (Wildman–Crippen LogP) is -6.12. The molecule has 0 aromatic carbocycles. The van der Waals surface area contributed by atoms with Crippen molar-refractivity contribution in [2.24, 2.45) is 0 Å². The molecule has 0 aromatic rings. The fraction of sp³-hybridized carbons (Fsp3) is 1.00. The number of aliphatic hydroxyl groups is 2. The maximum Gasteiger partial charge on any atom is 1.00 e. The molecule has 2 unspecified atom stereocenters. The van der Waals surface area contributed by atoms with Crippen LogP contribution in [0.1, 0.15) is 13.8 Å². The monoisotopic (exact) mass is 330 g/mol. The van der Waals surface area contributed by atoms with Crippen LogP contribution in [-0.4, -0.2) is 51.7 Å². The molecule has 6 nitrogen and oxygen atoms in total. The van der Waals surface area contributed by atoms with E-state index in [-0.39, 0.29) is 71.3 Å². The molecule has 0 bridgehead atoms. The standard InChI is InChI=1S/2C3H7ClO.2Na.H2O4S/c2*1-3(5)2-4;;;1-5(2,3)4/h2*3,5H,2H2,1H3;;;(H2,1,2,3,4)/q;;2*+1;/p-2. The summed E-state index contributed by atoms with van der Waals surface area (Å²) >= 11 is 10.2. The van der Waals surface area contributed by atoms with Gasteiger partial charge in [-0.2, -0.15) is 0 Å². The van der Waals surface area contributed by atoms with Gasteiger partial charge in [0.05, 0.1) is 12.2 Å². The normalized spacial score (nSPS) is 12.2. The first kappa shape index (κ1) is 31.7. The van der Waals surface area contributed by atoms with Gasteiger partial charge in [0.1, 0.15) is 0 Å². The molecule has 0 saturated heterocycles. The van der Waals surface area contributed by atoms with Gasteiger partial charge in [0, 0.05) is 22.2 Å². The van der Waals surface area contributed by atoms with Crippen LogP contribution in [0.2, 0.25) is 0 Å². The summed E-state index contributed by atoms with van der Waals surface area (Å²) in [5, 5.41) is 16.5. The molecule has 0 amide bonds. The minimum atomic E-state index is -5.17. The first-order chi connectivity index (χ1) is 6.54. The molecule has 17 heavy (non-hydrogen) atoms. The van der Waals surface area contributed by atoms with Crippen molar-refractivity contribution in [3.8, 4) is 0 Å². The van der Waals surface area contributed by atoms with Crippen LogP contribution in [0.25, 0.3) is 0 Å². The van der Waals surface area contributed by atoms with Gasteiger partial charge in [-0.05, 0) is 13.8 Å². The molecule has 0 radical (unpaired) electrons. The molecule has 0 saturated carbocycles. The van der Waals surface area contributed by atoms with Gasteiger partial charge < -0.3 is 19.3 Å². The van der Waals surface area contributed by atoms with Crippen LogP contribution in [0.4, 0.5) is 0 Å². The molecule has 0 fully saturated rings. The molecule has 2 atom stereocenters. The van der Waals surface area contributed by atoms with E-state index in [1.165, 1.54) is 0 Å². The number of alkyl halides is 2. The summed E-state index contributed by atoms with van der Waals surface area (Å²) in [4.78, 5) is 0. The Morgan fingerprint density at radius 2 is 1.06 bits per heavy atom. The van der Waals surface area contributed by atoms with Crippen LogP contribution < -0.4 is 59.1 Å². The second-order valence-corrected chi connectivity index (χ2v) is 3.85. The van der Waals surface area contributed by atoms with Gasteiger partial charge >= 0.3 is 59.1 Å². The van der Waals surface area contributed by atoms with Crippen molar-refractivity contribution in [2.45, 2.75) is 26.1 Å². The van der Waals surface area contributed by atoms with Crippen LogP contribution in [0, 0.1) is 0 Å². The van der Waals surface area contributed by atoms with E-state index in [9.17, 15) is 0 Å². The summed E-state index contributed by atoms with van der Waals surface area (Å²) in [6.45, 7) is 3.29. The van der Waals surface area contributed by atoms with Crippen molar-refractivity contribution in [1.82, 2.24) is 0 Å². The van der Waals surface area contributed by atoms with Gasteiger partial charge in [0.25, 0.3) is 0 Å². The maximum atomic E-state index is 8.52. The second kappa shape index (κ2) is 20.7. The minimum absolute atomic E-state index is 0. The van der Waals surface area contributed by atoms with Crippen LogP contribution in [0.5, 0.6) is 0 Å². The van der Waals surface area contributed by atoms with Gasteiger partial charge in [-0.3, -0.25) is 8.42 Å². The van der Waals surface area contributed by atoms with Crippen molar-refractivity contribution in [1.29, 1.82) is 0 Å². The predicted molar refractivity (Wildman–Crippen MR) is 55.3 cm³/mol. The Morgan fingerprint density at radius 3 is 1.06 bits per heavy atom. The van der Waals surface area contributed by atoms with E-state index in [0.29, 0.717) is 11.8 Å². The Bertz CT molecular complexity index is 197. The van der Waals surface area contributed by atoms with E-state index in [1.807, 2.05) is 0 Å². The summed E-state index contributed by atoms with van der Waals surface area (Å²) in [6.07, 6.45) is -0.701. The Hall–Kier alpha value is 2.37. The zero-order valence-corrected chi connectivity index (χ0v) is 16.6. The molecule has 0 aromatic heterocycles. The van der Waals surface area contributed by atoms with Crippen LogP contribution in [0.15, 0.2) is 0 Å². The maximum absolute atomic E-state index is 8.52. The summed E-state index contributed by atoms with van der Waals surface area (Å²) in [6, 6.07) is 0. The average Bonchev–Trinajstić information content (AvgIpc) is 2.02. The molecule has 0 heterocycles. The summed E-state index contributed by atoms with van der Waals surface area (Å²) < 4.78 is 34.1. The van der Waals surface area contributed by atoms with Crippen molar-refractivity contribution < 1.29 is 86.9 Å². The van der Waals surface area contributed by atoms with Gasteiger partial charge in [-0.15, -0.1) is 23.2 Å². The Labute approximate surface area is 156 Å².